The van der Waals surface area contributed by atoms with Crippen molar-refractivity contribution >= 4 is 5.69 Å². The van der Waals surface area contributed by atoms with Gasteiger partial charge < -0.3 is 14.6 Å². The monoisotopic (exact) mass is 286 g/mol. The Hall–Kier alpha value is -1.74. The summed E-state index contributed by atoms with van der Waals surface area (Å²) in [7, 11) is 0. The summed E-state index contributed by atoms with van der Waals surface area (Å²) in [5, 5.41) is 3.37. The molecule has 0 bridgehead atoms. The summed E-state index contributed by atoms with van der Waals surface area (Å²) in [5.41, 5.74) is 2.52. The van der Waals surface area contributed by atoms with E-state index in [1.165, 1.54) is 11.3 Å². The highest BCUT2D eigenvalue weighted by atomic mass is 16.3. The molecule has 1 aromatic carbocycles. The maximum absolute atomic E-state index is 5.91. The normalized spacial score (nSPS) is 11.1. The number of hydrogen-bond donors (Lipinski definition) is 1. The van der Waals surface area contributed by atoms with Crippen LogP contribution >= 0.6 is 0 Å². The minimum absolute atomic E-state index is 0.471. The summed E-state index contributed by atoms with van der Waals surface area (Å²) in [6.07, 6.45) is 0. The Bertz CT molecular complexity index is 543. The highest BCUT2D eigenvalue weighted by molar-refractivity contribution is 5.47. The average molecular weight is 286 g/mol. The molecule has 2 aromatic rings. The Morgan fingerprint density at radius 3 is 2.33 bits per heavy atom. The molecule has 0 saturated heterocycles. The zero-order chi connectivity index (χ0) is 15.2. The van der Waals surface area contributed by atoms with Crippen molar-refractivity contribution in [1.82, 2.24) is 5.32 Å². The average Bonchev–Trinajstić information content (AvgIpc) is 2.91. The quantitative estimate of drug-likeness (QED) is 0.830. The van der Waals surface area contributed by atoms with E-state index in [9.17, 15) is 0 Å². The minimum atomic E-state index is 0.471. The summed E-state index contributed by atoms with van der Waals surface area (Å²) in [6, 6.07) is 13.3. The van der Waals surface area contributed by atoms with Gasteiger partial charge in [0.25, 0.3) is 0 Å². The molecule has 21 heavy (non-hydrogen) atoms. The number of anilines is 1. The van der Waals surface area contributed by atoms with Gasteiger partial charge in [0, 0.05) is 18.3 Å². The predicted molar refractivity (Wildman–Crippen MR) is 88.6 cm³/mol. The van der Waals surface area contributed by atoms with Gasteiger partial charge in [0.15, 0.2) is 0 Å². The fraction of sp³-hybridized carbons (Fsp3) is 0.444. The van der Waals surface area contributed by atoms with Crippen LogP contribution in [0.4, 0.5) is 5.69 Å². The molecular weight excluding hydrogens is 260 g/mol. The standard InChI is InChI=1S/C18H26N2O/c1-5-20(16-8-6-15(4)7-9-16)13-18-11-10-17(21-18)12-19-14(2)3/h6-11,14,19H,5,12-13H2,1-4H3. The van der Waals surface area contributed by atoms with Crippen molar-refractivity contribution in [3.63, 3.8) is 0 Å². The first kappa shape index (κ1) is 15.6. The Morgan fingerprint density at radius 1 is 1.05 bits per heavy atom. The first-order valence-corrected chi connectivity index (χ1v) is 7.71. The molecule has 3 heteroatoms. The first-order chi connectivity index (χ1) is 10.1. The van der Waals surface area contributed by atoms with Gasteiger partial charge in [-0.3, -0.25) is 0 Å². The molecule has 0 aliphatic carbocycles. The predicted octanol–water partition coefficient (Wildman–Crippen LogP) is 4.11. The second-order valence-corrected chi connectivity index (χ2v) is 5.75. The maximum Gasteiger partial charge on any atom is 0.123 e. The molecule has 114 valence electrons. The van der Waals surface area contributed by atoms with Crippen molar-refractivity contribution < 1.29 is 4.42 Å². The first-order valence-electron chi connectivity index (χ1n) is 7.71. The van der Waals surface area contributed by atoms with E-state index in [-0.39, 0.29) is 0 Å². The molecular formula is C18H26N2O. The molecule has 1 N–H and O–H groups in total. The number of hydrogen-bond acceptors (Lipinski definition) is 3. The second-order valence-electron chi connectivity index (χ2n) is 5.75. The maximum atomic E-state index is 5.91. The van der Waals surface area contributed by atoms with E-state index in [4.69, 9.17) is 4.42 Å². The van der Waals surface area contributed by atoms with Crippen molar-refractivity contribution in [2.24, 2.45) is 0 Å². The third-order valence-corrected chi connectivity index (χ3v) is 3.53. The van der Waals surface area contributed by atoms with Crippen LogP contribution in [0.25, 0.3) is 0 Å². The van der Waals surface area contributed by atoms with E-state index in [0.29, 0.717) is 6.04 Å². The van der Waals surface area contributed by atoms with E-state index in [0.717, 1.165) is 31.2 Å². The molecule has 0 atom stereocenters. The van der Waals surface area contributed by atoms with Gasteiger partial charge in [-0.2, -0.15) is 0 Å². The zero-order valence-corrected chi connectivity index (χ0v) is 13.5. The summed E-state index contributed by atoms with van der Waals surface area (Å²) in [6.45, 7) is 11.1. The van der Waals surface area contributed by atoms with E-state index < -0.39 is 0 Å². The van der Waals surface area contributed by atoms with Crippen LogP contribution in [-0.4, -0.2) is 12.6 Å². The number of furan rings is 1. The Morgan fingerprint density at radius 2 is 1.71 bits per heavy atom. The van der Waals surface area contributed by atoms with Crippen molar-refractivity contribution in [1.29, 1.82) is 0 Å². The van der Waals surface area contributed by atoms with Gasteiger partial charge in [0.05, 0.1) is 13.1 Å². The largest absolute Gasteiger partial charge is 0.463 e. The highest BCUT2D eigenvalue weighted by Gasteiger charge is 2.09. The molecule has 0 aliphatic rings. The van der Waals surface area contributed by atoms with Crippen LogP contribution in [0.15, 0.2) is 40.8 Å². The lowest BCUT2D eigenvalue weighted by Gasteiger charge is -2.22. The van der Waals surface area contributed by atoms with Gasteiger partial charge >= 0.3 is 0 Å². The van der Waals surface area contributed by atoms with Crippen LogP contribution in [0.3, 0.4) is 0 Å². The SMILES string of the molecule is CCN(Cc1ccc(CNC(C)C)o1)c1ccc(C)cc1. The van der Waals surface area contributed by atoms with E-state index in [2.05, 4.69) is 74.3 Å². The van der Waals surface area contributed by atoms with E-state index in [1.807, 2.05) is 0 Å². The topological polar surface area (TPSA) is 28.4 Å². The van der Waals surface area contributed by atoms with Gasteiger partial charge in [0.2, 0.25) is 0 Å². The number of benzene rings is 1. The van der Waals surface area contributed by atoms with Gasteiger partial charge in [0.1, 0.15) is 11.5 Å². The summed E-state index contributed by atoms with van der Waals surface area (Å²) < 4.78 is 5.91. The zero-order valence-electron chi connectivity index (χ0n) is 13.5. The van der Waals surface area contributed by atoms with Crippen LogP contribution in [0, 0.1) is 6.92 Å². The van der Waals surface area contributed by atoms with E-state index in [1.54, 1.807) is 0 Å². The third-order valence-electron chi connectivity index (χ3n) is 3.53. The highest BCUT2D eigenvalue weighted by Crippen LogP contribution is 2.19. The molecule has 0 amide bonds. The van der Waals surface area contributed by atoms with Gasteiger partial charge in [-0.25, -0.2) is 0 Å². The van der Waals surface area contributed by atoms with Crippen molar-refractivity contribution in [2.45, 2.75) is 46.8 Å². The Kier molecular flexibility index (Phi) is 5.45. The van der Waals surface area contributed by atoms with Gasteiger partial charge in [-0.1, -0.05) is 31.5 Å². The van der Waals surface area contributed by atoms with Crippen LogP contribution in [-0.2, 0) is 13.1 Å². The van der Waals surface area contributed by atoms with Crippen LogP contribution in [0.2, 0.25) is 0 Å². The van der Waals surface area contributed by atoms with Crippen molar-refractivity contribution in [2.75, 3.05) is 11.4 Å². The lowest BCUT2D eigenvalue weighted by atomic mass is 10.2. The van der Waals surface area contributed by atoms with Gasteiger partial charge in [-0.05, 0) is 38.1 Å². The Balaban J connectivity index is 2.00. The summed E-state index contributed by atoms with van der Waals surface area (Å²) >= 11 is 0. The molecule has 0 unspecified atom stereocenters. The summed E-state index contributed by atoms with van der Waals surface area (Å²) in [5.74, 6) is 2.01. The molecule has 1 aromatic heterocycles. The number of nitrogens with zero attached hydrogens (tertiary/aromatic N) is 1. The van der Waals surface area contributed by atoms with Gasteiger partial charge in [-0.15, -0.1) is 0 Å². The van der Waals surface area contributed by atoms with Crippen LogP contribution < -0.4 is 10.2 Å². The molecule has 0 fully saturated rings. The van der Waals surface area contributed by atoms with E-state index >= 15 is 0 Å². The van der Waals surface area contributed by atoms with Crippen molar-refractivity contribution in [3.8, 4) is 0 Å². The smallest absolute Gasteiger partial charge is 0.123 e. The lowest BCUT2D eigenvalue weighted by Crippen LogP contribution is -2.22. The van der Waals surface area contributed by atoms with Crippen LogP contribution in [0.1, 0.15) is 37.9 Å². The Labute approximate surface area is 128 Å². The van der Waals surface area contributed by atoms with Crippen molar-refractivity contribution in [3.05, 3.63) is 53.5 Å². The molecule has 1 heterocycles. The number of rotatable bonds is 7. The molecule has 0 radical (unpaired) electrons. The number of nitrogens with one attached hydrogen (secondary N) is 1. The third kappa shape index (κ3) is 4.64. The molecule has 3 nitrogen and oxygen atoms in total. The molecule has 2 rings (SSSR count). The molecule has 0 saturated carbocycles. The summed E-state index contributed by atoms with van der Waals surface area (Å²) in [4.78, 5) is 2.32. The minimum Gasteiger partial charge on any atom is -0.463 e. The number of aryl methyl sites for hydroxylation is 1. The lowest BCUT2D eigenvalue weighted by molar-refractivity contribution is 0.433. The molecule has 0 aliphatic heterocycles. The fourth-order valence-corrected chi connectivity index (χ4v) is 2.24. The van der Waals surface area contributed by atoms with Crippen LogP contribution in [0.5, 0.6) is 0 Å². The fourth-order valence-electron chi connectivity index (χ4n) is 2.24. The molecule has 0 spiro atoms. The second kappa shape index (κ2) is 7.32.